The molecule has 0 spiro atoms. The molecule has 126 valence electrons. The molecular formula is C12H10F9N. The molecule has 0 saturated carbocycles. The topological polar surface area (TPSA) is 26.0 Å². The summed E-state index contributed by atoms with van der Waals surface area (Å²) in [5.74, 6) is -19.3. The van der Waals surface area contributed by atoms with Gasteiger partial charge >= 0.3 is 23.9 Å². The Morgan fingerprint density at radius 3 is 1.41 bits per heavy atom. The maximum absolute atomic E-state index is 13.7. The number of alkyl halides is 9. The van der Waals surface area contributed by atoms with E-state index >= 15 is 0 Å². The zero-order chi connectivity index (χ0) is 17.7. The van der Waals surface area contributed by atoms with Crippen molar-refractivity contribution in [3.8, 4) is 0 Å². The van der Waals surface area contributed by atoms with Crippen molar-refractivity contribution in [1.82, 2.24) is 0 Å². The summed E-state index contributed by atoms with van der Waals surface area (Å²) in [7, 11) is 0. The first-order chi connectivity index (χ1) is 9.57. The molecule has 1 rings (SSSR count). The highest BCUT2D eigenvalue weighted by molar-refractivity contribution is 5.55. The minimum absolute atomic E-state index is 0.0644. The highest BCUT2D eigenvalue weighted by atomic mass is 19.4. The van der Waals surface area contributed by atoms with Crippen LogP contribution in [0.15, 0.2) is 12.1 Å². The maximum atomic E-state index is 13.7. The van der Waals surface area contributed by atoms with Gasteiger partial charge in [-0.25, -0.2) is 0 Å². The summed E-state index contributed by atoms with van der Waals surface area (Å²) < 4.78 is 116. The Hall–Kier alpha value is -1.61. The van der Waals surface area contributed by atoms with E-state index in [-0.39, 0.29) is 16.8 Å². The van der Waals surface area contributed by atoms with Crippen LogP contribution in [-0.4, -0.2) is 18.0 Å². The second-order valence-corrected chi connectivity index (χ2v) is 4.74. The van der Waals surface area contributed by atoms with Gasteiger partial charge in [-0.2, -0.15) is 39.5 Å². The second kappa shape index (κ2) is 4.95. The molecule has 10 heteroatoms. The molecule has 0 atom stereocenters. The molecule has 0 aliphatic carbocycles. The van der Waals surface area contributed by atoms with Gasteiger partial charge in [0.25, 0.3) is 0 Å². The molecule has 0 aliphatic heterocycles. The Labute approximate surface area is 118 Å². The van der Waals surface area contributed by atoms with E-state index in [1.54, 1.807) is 0 Å². The third-order valence-corrected chi connectivity index (χ3v) is 3.10. The van der Waals surface area contributed by atoms with Crippen molar-refractivity contribution >= 4 is 5.69 Å². The molecule has 0 heterocycles. The molecule has 0 bridgehead atoms. The Kier molecular flexibility index (Phi) is 4.15. The van der Waals surface area contributed by atoms with E-state index in [2.05, 4.69) is 0 Å². The fraction of sp³-hybridized carbons (Fsp3) is 0.500. The molecule has 0 aliphatic rings. The van der Waals surface area contributed by atoms with E-state index in [4.69, 9.17) is 5.73 Å². The predicted molar refractivity (Wildman–Crippen MR) is 60.2 cm³/mol. The zero-order valence-corrected chi connectivity index (χ0v) is 11.1. The molecule has 1 aromatic rings. The number of benzene rings is 1. The fourth-order valence-corrected chi connectivity index (χ4v) is 1.71. The van der Waals surface area contributed by atoms with Crippen molar-refractivity contribution in [2.45, 2.75) is 37.8 Å². The third-order valence-electron chi connectivity index (χ3n) is 3.10. The van der Waals surface area contributed by atoms with Gasteiger partial charge in [0, 0.05) is 11.3 Å². The van der Waals surface area contributed by atoms with Crippen LogP contribution in [0.5, 0.6) is 0 Å². The number of aryl methyl sites for hydroxylation is 2. The number of anilines is 1. The van der Waals surface area contributed by atoms with Crippen LogP contribution in [0.1, 0.15) is 16.7 Å². The molecule has 0 fully saturated rings. The lowest BCUT2D eigenvalue weighted by molar-refractivity contribution is -0.399. The lowest BCUT2D eigenvalue weighted by atomic mass is 9.93. The normalized spacial score (nSPS) is 14.3. The van der Waals surface area contributed by atoms with Crippen molar-refractivity contribution in [3.63, 3.8) is 0 Å². The summed E-state index contributed by atoms with van der Waals surface area (Å²) in [6, 6.07) is 0.700. The van der Waals surface area contributed by atoms with Crippen LogP contribution in [0.2, 0.25) is 0 Å². The molecule has 0 amide bonds. The molecule has 0 saturated heterocycles. The number of hydrogen-bond donors (Lipinski definition) is 1. The molecule has 0 unspecified atom stereocenters. The van der Waals surface area contributed by atoms with Crippen molar-refractivity contribution in [2.75, 3.05) is 5.73 Å². The van der Waals surface area contributed by atoms with E-state index in [1.165, 1.54) is 0 Å². The van der Waals surface area contributed by atoms with Crippen LogP contribution in [0.4, 0.5) is 45.2 Å². The lowest BCUT2D eigenvalue weighted by Crippen LogP contribution is -2.59. The van der Waals surface area contributed by atoms with Gasteiger partial charge in [-0.15, -0.1) is 0 Å². The van der Waals surface area contributed by atoms with Gasteiger partial charge in [0.05, 0.1) is 0 Å². The number of rotatable bonds is 3. The summed E-state index contributed by atoms with van der Waals surface area (Å²) in [6.45, 7) is 2.25. The first kappa shape index (κ1) is 18.4. The summed E-state index contributed by atoms with van der Waals surface area (Å²) >= 11 is 0. The quantitative estimate of drug-likeness (QED) is 0.621. The van der Waals surface area contributed by atoms with Gasteiger partial charge in [-0.05, 0) is 37.1 Å². The Balaban J connectivity index is 3.52. The zero-order valence-electron chi connectivity index (χ0n) is 11.1. The Morgan fingerprint density at radius 1 is 0.727 bits per heavy atom. The van der Waals surface area contributed by atoms with E-state index in [9.17, 15) is 39.5 Å². The number of nitrogen functional groups attached to an aromatic ring is 1. The molecular weight excluding hydrogens is 329 g/mol. The van der Waals surface area contributed by atoms with E-state index in [0.29, 0.717) is 12.1 Å². The molecule has 0 radical (unpaired) electrons. The average Bonchev–Trinajstić information content (AvgIpc) is 2.33. The van der Waals surface area contributed by atoms with Crippen molar-refractivity contribution in [3.05, 3.63) is 28.8 Å². The summed E-state index contributed by atoms with van der Waals surface area (Å²) in [6.07, 6.45) is -6.84. The van der Waals surface area contributed by atoms with Crippen LogP contribution >= 0.6 is 0 Å². The minimum Gasteiger partial charge on any atom is -0.398 e. The van der Waals surface area contributed by atoms with E-state index in [0.717, 1.165) is 13.8 Å². The van der Waals surface area contributed by atoms with E-state index in [1.807, 2.05) is 0 Å². The summed E-state index contributed by atoms with van der Waals surface area (Å²) in [5.41, 5.74) is 3.35. The molecule has 22 heavy (non-hydrogen) atoms. The highest BCUT2D eigenvalue weighted by Gasteiger charge is 2.82. The molecule has 2 N–H and O–H groups in total. The van der Waals surface area contributed by atoms with Crippen molar-refractivity contribution in [1.29, 1.82) is 0 Å². The van der Waals surface area contributed by atoms with Gasteiger partial charge in [0.1, 0.15) is 0 Å². The molecule has 1 nitrogen and oxygen atoms in total. The van der Waals surface area contributed by atoms with Crippen LogP contribution in [0.3, 0.4) is 0 Å². The average molecular weight is 339 g/mol. The number of halogens is 9. The van der Waals surface area contributed by atoms with Gasteiger partial charge in [0.15, 0.2) is 0 Å². The fourth-order valence-electron chi connectivity index (χ4n) is 1.71. The SMILES string of the molecule is Cc1cc(C(F)(F)C(F)(F)C(F)(F)C(F)(F)F)cc(C)c1N. The first-order valence-corrected chi connectivity index (χ1v) is 5.64. The van der Waals surface area contributed by atoms with Gasteiger partial charge in [-0.1, -0.05) is 0 Å². The smallest absolute Gasteiger partial charge is 0.398 e. The number of nitrogens with two attached hydrogens (primary N) is 1. The standard InChI is InChI=1S/C12H10F9N/c1-5-3-7(4-6(2)8(5)22)9(13,14)10(15,16)11(17,18)12(19,20)21/h3-4H,22H2,1-2H3. The van der Waals surface area contributed by atoms with Gasteiger partial charge in [0.2, 0.25) is 0 Å². The van der Waals surface area contributed by atoms with Crippen molar-refractivity contribution in [2.24, 2.45) is 0 Å². The van der Waals surface area contributed by atoms with Crippen LogP contribution < -0.4 is 5.73 Å². The lowest BCUT2D eigenvalue weighted by Gasteiger charge is -2.34. The molecule has 1 aromatic carbocycles. The van der Waals surface area contributed by atoms with Crippen LogP contribution in [0, 0.1) is 13.8 Å². The Morgan fingerprint density at radius 2 is 1.09 bits per heavy atom. The minimum atomic E-state index is -6.91. The number of hydrogen-bond acceptors (Lipinski definition) is 1. The van der Waals surface area contributed by atoms with Gasteiger partial charge < -0.3 is 5.73 Å². The first-order valence-electron chi connectivity index (χ1n) is 5.64. The van der Waals surface area contributed by atoms with Crippen molar-refractivity contribution < 1.29 is 39.5 Å². The van der Waals surface area contributed by atoms with Crippen LogP contribution in [0.25, 0.3) is 0 Å². The third kappa shape index (κ3) is 2.48. The van der Waals surface area contributed by atoms with Crippen LogP contribution in [-0.2, 0) is 5.92 Å². The summed E-state index contributed by atoms with van der Waals surface area (Å²) in [4.78, 5) is 0. The molecule has 0 aromatic heterocycles. The van der Waals surface area contributed by atoms with E-state index < -0.39 is 29.5 Å². The second-order valence-electron chi connectivity index (χ2n) is 4.74. The monoisotopic (exact) mass is 339 g/mol. The Bertz CT molecular complexity index is 551. The summed E-state index contributed by atoms with van der Waals surface area (Å²) in [5, 5.41) is 0. The van der Waals surface area contributed by atoms with Gasteiger partial charge in [-0.3, -0.25) is 0 Å². The predicted octanol–water partition coefficient (Wildman–Crippen LogP) is 4.81. The highest BCUT2D eigenvalue weighted by Crippen LogP contribution is 2.56. The maximum Gasteiger partial charge on any atom is 0.460 e. The largest absolute Gasteiger partial charge is 0.460 e.